The van der Waals surface area contributed by atoms with Crippen LogP contribution in [0.15, 0.2) is 30.7 Å². The molecule has 3 aromatic rings. The number of methoxy groups -OCH3 is 1. The Labute approximate surface area is 119 Å². The van der Waals surface area contributed by atoms with Crippen LogP contribution in [0.3, 0.4) is 0 Å². The molecule has 1 aliphatic rings. The Balaban J connectivity index is 1.96. The van der Waals surface area contributed by atoms with Gasteiger partial charge >= 0.3 is 0 Å². The number of rotatable bonds is 2. The van der Waals surface area contributed by atoms with Crippen LogP contribution in [0, 0.1) is 0 Å². The smallest absolute Gasteiger partial charge is 0.256 e. The summed E-state index contributed by atoms with van der Waals surface area (Å²) < 4.78 is 5.26. The van der Waals surface area contributed by atoms with Crippen LogP contribution in [0.25, 0.3) is 22.7 Å². The van der Waals surface area contributed by atoms with Crippen molar-refractivity contribution in [3.63, 3.8) is 0 Å². The Morgan fingerprint density at radius 2 is 2.14 bits per heavy atom. The highest BCUT2D eigenvalue weighted by atomic mass is 16.5. The quantitative estimate of drug-likeness (QED) is 0.630. The molecule has 6 nitrogen and oxygen atoms in total. The number of anilines is 1. The van der Waals surface area contributed by atoms with Crippen LogP contribution in [0.2, 0.25) is 0 Å². The van der Waals surface area contributed by atoms with Crippen LogP contribution in [0.4, 0.5) is 5.69 Å². The molecule has 1 aromatic carbocycles. The van der Waals surface area contributed by atoms with Gasteiger partial charge in [0, 0.05) is 11.8 Å². The molecule has 0 radical (unpaired) electrons. The van der Waals surface area contributed by atoms with Gasteiger partial charge in [-0.15, -0.1) is 0 Å². The predicted molar refractivity (Wildman–Crippen MR) is 79.9 cm³/mol. The maximum absolute atomic E-state index is 12.3. The predicted octanol–water partition coefficient (Wildman–Crippen LogP) is 2.39. The number of hydrogen-bond acceptors (Lipinski definition) is 3. The number of carbonyl (C=O) groups is 1. The summed E-state index contributed by atoms with van der Waals surface area (Å²) in [6.07, 6.45) is 5.18. The van der Waals surface area contributed by atoms with Gasteiger partial charge in [0.1, 0.15) is 5.75 Å². The molecular formula is C15H12N4O2. The Hall–Kier alpha value is -3.02. The molecule has 1 amide bonds. The lowest BCUT2D eigenvalue weighted by molar-refractivity contribution is -0.110. The van der Waals surface area contributed by atoms with E-state index < -0.39 is 0 Å². The number of nitrogens with zero attached hydrogens (tertiary/aromatic N) is 1. The van der Waals surface area contributed by atoms with Crippen molar-refractivity contribution in [1.82, 2.24) is 15.0 Å². The number of amides is 1. The second-order valence-corrected chi connectivity index (χ2v) is 4.76. The first kappa shape index (κ1) is 11.8. The molecule has 2 aromatic heterocycles. The average Bonchev–Trinajstić information content (AvgIpc) is 3.18. The van der Waals surface area contributed by atoms with Crippen molar-refractivity contribution >= 4 is 34.3 Å². The van der Waals surface area contributed by atoms with E-state index >= 15 is 0 Å². The highest BCUT2D eigenvalue weighted by Crippen LogP contribution is 2.38. The van der Waals surface area contributed by atoms with Gasteiger partial charge in [-0.2, -0.15) is 0 Å². The molecule has 104 valence electrons. The van der Waals surface area contributed by atoms with E-state index in [2.05, 4.69) is 20.3 Å². The largest absolute Gasteiger partial charge is 0.495 e. The van der Waals surface area contributed by atoms with Gasteiger partial charge in [0.05, 0.1) is 41.4 Å². The fourth-order valence-electron chi connectivity index (χ4n) is 2.63. The molecule has 21 heavy (non-hydrogen) atoms. The zero-order valence-electron chi connectivity index (χ0n) is 11.2. The van der Waals surface area contributed by atoms with E-state index in [0.717, 1.165) is 28.0 Å². The Morgan fingerprint density at radius 3 is 3.00 bits per heavy atom. The maximum Gasteiger partial charge on any atom is 0.256 e. The summed E-state index contributed by atoms with van der Waals surface area (Å²) in [7, 11) is 1.60. The number of fused-ring (bicyclic) bond motifs is 3. The van der Waals surface area contributed by atoms with Crippen LogP contribution in [-0.2, 0) is 4.79 Å². The molecule has 0 spiro atoms. The number of benzene rings is 1. The molecule has 0 bridgehead atoms. The summed E-state index contributed by atoms with van der Waals surface area (Å²) in [5.41, 5.74) is 4.59. The molecule has 3 N–H and O–H groups in total. The van der Waals surface area contributed by atoms with Gasteiger partial charge in [-0.25, -0.2) is 4.98 Å². The van der Waals surface area contributed by atoms with E-state index in [1.54, 1.807) is 25.7 Å². The fourth-order valence-corrected chi connectivity index (χ4v) is 2.63. The lowest BCUT2D eigenvalue weighted by atomic mass is 10.0. The first-order chi connectivity index (χ1) is 10.3. The maximum atomic E-state index is 12.3. The summed E-state index contributed by atoms with van der Waals surface area (Å²) in [5, 5.41) is 2.86. The molecule has 4 rings (SSSR count). The van der Waals surface area contributed by atoms with E-state index in [9.17, 15) is 4.79 Å². The summed E-state index contributed by atoms with van der Waals surface area (Å²) in [6, 6.07) is 5.59. The minimum absolute atomic E-state index is 0.142. The lowest BCUT2D eigenvalue weighted by Gasteiger charge is -2.01. The van der Waals surface area contributed by atoms with E-state index in [4.69, 9.17) is 4.74 Å². The van der Waals surface area contributed by atoms with Crippen molar-refractivity contribution in [2.24, 2.45) is 0 Å². The Bertz CT molecular complexity index is 888. The molecule has 0 saturated carbocycles. The zero-order valence-corrected chi connectivity index (χ0v) is 11.2. The van der Waals surface area contributed by atoms with Crippen molar-refractivity contribution in [2.75, 3.05) is 12.4 Å². The van der Waals surface area contributed by atoms with Gasteiger partial charge in [0.25, 0.3) is 5.91 Å². The monoisotopic (exact) mass is 280 g/mol. The molecule has 0 saturated heterocycles. The van der Waals surface area contributed by atoms with Gasteiger partial charge in [0.2, 0.25) is 0 Å². The topological polar surface area (TPSA) is 82.8 Å². The average molecular weight is 280 g/mol. The fraction of sp³-hybridized carbons (Fsp3) is 0.0667. The molecule has 0 unspecified atom stereocenters. The SMILES string of the molecule is COc1cc[nH]c1/C=C1\C(=O)Nc2ccc3[nH]cnc3c21. The first-order valence-electron chi connectivity index (χ1n) is 6.49. The summed E-state index contributed by atoms with van der Waals surface area (Å²) in [4.78, 5) is 22.7. The summed E-state index contributed by atoms with van der Waals surface area (Å²) in [6.45, 7) is 0. The third kappa shape index (κ3) is 1.66. The molecule has 0 aliphatic carbocycles. The van der Waals surface area contributed by atoms with Crippen LogP contribution in [-0.4, -0.2) is 28.0 Å². The number of imidazole rings is 1. The third-order valence-corrected chi connectivity index (χ3v) is 3.60. The van der Waals surface area contributed by atoms with Gasteiger partial charge in [0.15, 0.2) is 0 Å². The van der Waals surface area contributed by atoms with Crippen LogP contribution >= 0.6 is 0 Å². The molecule has 0 atom stereocenters. The van der Waals surface area contributed by atoms with Crippen molar-refractivity contribution in [3.8, 4) is 5.75 Å². The standard InChI is InChI=1S/C15H12N4O2/c1-21-12-4-5-16-11(12)6-8-13-9(19-15(8)20)2-3-10-14(13)18-7-17-10/h2-7,16H,1H3,(H,17,18)(H,19,20)/b8-6-. The molecule has 3 heterocycles. The van der Waals surface area contributed by atoms with Crippen molar-refractivity contribution in [3.05, 3.63) is 42.0 Å². The van der Waals surface area contributed by atoms with E-state index in [1.165, 1.54) is 0 Å². The lowest BCUT2D eigenvalue weighted by Crippen LogP contribution is -2.03. The third-order valence-electron chi connectivity index (χ3n) is 3.60. The van der Waals surface area contributed by atoms with Crippen LogP contribution in [0.5, 0.6) is 5.75 Å². The molecular weight excluding hydrogens is 268 g/mol. The van der Waals surface area contributed by atoms with Crippen LogP contribution in [0.1, 0.15) is 11.3 Å². The molecule has 0 fully saturated rings. The minimum atomic E-state index is -0.142. The van der Waals surface area contributed by atoms with Gasteiger partial charge < -0.3 is 20.0 Å². The number of aromatic nitrogens is 3. The number of H-pyrrole nitrogens is 2. The molecule has 1 aliphatic heterocycles. The number of aromatic amines is 2. The van der Waals surface area contributed by atoms with Crippen LogP contribution < -0.4 is 10.1 Å². The number of hydrogen-bond donors (Lipinski definition) is 3. The highest BCUT2D eigenvalue weighted by molar-refractivity contribution is 6.37. The zero-order chi connectivity index (χ0) is 14.4. The first-order valence-corrected chi connectivity index (χ1v) is 6.49. The van der Waals surface area contributed by atoms with Crippen molar-refractivity contribution in [1.29, 1.82) is 0 Å². The Morgan fingerprint density at radius 1 is 1.24 bits per heavy atom. The molecule has 6 heteroatoms. The Kier molecular flexibility index (Phi) is 2.38. The van der Waals surface area contributed by atoms with Gasteiger partial charge in [-0.3, -0.25) is 4.79 Å². The minimum Gasteiger partial charge on any atom is -0.495 e. The summed E-state index contributed by atoms with van der Waals surface area (Å²) >= 11 is 0. The van der Waals surface area contributed by atoms with Gasteiger partial charge in [-0.05, 0) is 24.3 Å². The van der Waals surface area contributed by atoms with E-state index in [-0.39, 0.29) is 5.91 Å². The second kappa shape index (κ2) is 4.24. The number of carbonyl (C=O) groups excluding carboxylic acids is 1. The highest BCUT2D eigenvalue weighted by Gasteiger charge is 2.27. The van der Waals surface area contributed by atoms with E-state index in [0.29, 0.717) is 11.3 Å². The van der Waals surface area contributed by atoms with Crippen molar-refractivity contribution < 1.29 is 9.53 Å². The summed E-state index contributed by atoms with van der Waals surface area (Å²) in [5.74, 6) is 0.551. The normalized spacial score (nSPS) is 15.5. The van der Waals surface area contributed by atoms with Crippen molar-refractivity contribution in [2.45, 2.75) is 0 Å². The van der Waals surface area contributed by atoms with Gasteiger partial charge in [-0.1, -0.05) is 0 Å². The number of ether oxygens (including phenoxy) is 1. The second-order valence-electron chi connectivity index (χ2n) is 4.76. The van der Waals surface area contributed by atoms with E-state index in [1.807, 2.05) is 18.2 Å². The number of nitrogens with one attached hydrogen (secondary N) is 3.